The smallest absolute Gasteiger partial charge is 0.310 e. The molecule has 0 aliphatic carbocycles. The lowest BCUT2D eigenvalue weighted by Crippen LogP contribution is -2.21. The van der Waals surface area contributed by atoms with Crippen molar-refractivity contribution in [1.82, 2.24) is 0 Å². The zero-order valence-corrected chi connectivity index (χ0v) is 18.9. The van der Waals surface area contributed by atoms with E-state index in [1.165, 1.54) is 25.7 Å². The zero-order valence-electron chi connectivity index (χ0n) is 18.9. The Balaban J connectivity index is 3.27. The molecule has 0 aliphatic heterocycles. The molecule has 0 aliphatic rings. The summed E-state index contributed by atoms with van der Waals surface area (Å²) < 4.78 is 0. The van der Waals surface area contributed by atoms with Gasteiger partial charge in [0.05, 0.1) is 11.8 Å². The van der Waals surface area contributed by atoms with Crippen molar-refractivity contribution in [3.63, 3.8) is 0 Å². The monoisotopic (exact) mass is 404 g/mol. The molecule has 0 amide bonds. The summed E-state index contributed by atoms with van der Waals surface area (Å²) >= 11 is 0. The first-order valence-corrected chi connectivity index (χ1v) is 11.3. The fraction of sp³-hybridized carbons (Fsp3) is 0.680. The van der Waals surface area contributed by atoms with Crippen LogP contribution in [0.5, 0.6) is 0 Å². The van der Waals surface area contributed by atoms with Crippen molar-refractivity contribution < 1.29 is 19.8 Å². The highest BCUT2D eigenvalue weighted by atomic mass is 16.4. The average Bonchev–Trinajstić information content (AvgIpc) is 2.63. The maximum absolute atomic E-state index is 12.1. The van der Waals surface area contributed by atoms with Gasteiger partial charge in [-0.25, -0.2) is 0 Å². The second kappa shape index (κ2) is 12.7. The van der Waals surface area contributed by atoms with E-state index in [4.69, 9.17) is 0 Å². The lowest BCUT2D eigenvalue weighted by molar-refractivity contribution is -0.140. The van der Waals surface area contributed by atoms with Gasteiger partial charge >= 0.3 is 11.9 Å². The average molecular weight is 405 g/mol. The molecule has 1 rings (SSSR count). The maximum Gasteiger partial charge on any atom is 0.310 e. The molecule has 2 N–H and O–H groups in total. The predicted molar refractivity (Wildman–Crippen MR) is 119 cm³/mol. The molecular formula is C25H40O4. The molecule has 1 aromatic carbocycles. The summed E-state index contributed by atoms with van der Waals surface area (Å²) in [5.74, 6) is -2.64. The summed E-state index contributed by atoms with van der Waals surface area (Å²) in [5.41, 5.74) is 2.49. The molecule has 4 heteroatoms. The quantitative estimate of drug-likeness (QED) is 0.341. The summed E-state index contributed by atoms with van der Waals surface area (Å²) in [7, 11) is 0. The molecule has 0 fully saturated rings. The second-order valence-corrected chi connectivity index (χ2v) is 9.17. The van der Waals surface area contributed by atoms with E-state index in [1.54, 1.807) is 0 Å². The molecule has 4 nitrogen and oxygen atoms in total. The fourth-order valence-electron chi connectivity index (χ4n) is 4.00. The molecule has 0 heterocycles. The third-order valence-electron chi connectivity index (χ3n) is 5.48. The Bertz CT molecular complexity index is 648. The number of hydrogen-bond acceptors (Lipinski definition) is 2. The minimum Gasteiger partial charge on any atom is -0.481 e. The molecule has 2 unspecified atom stereocenters. The molecule has 0 aromatic heterocycles. The number of aryl methyl sites for hydroxylation is 1. The van der Waals surface area contributed by atoms with Crippen LogP contribution in [0.15, 0.2) is 18.2 Å². The summed E-state index contributed by atoms with van der Waals surface area (Å²) in [4.78, 5) is 24.1. The van der Waals surface area contributed by atoms with Gasteiger partial charge in [0.15, 0.2) is 0 Å². The van der Waals surface area contributed by atoms with E-state index in [9.17, 15) is 19.8 Å². The van der Waals surface area contributed by atoms with E-state index in [-0.39, 0.29) is 11.8 Å². The Kier molecular flexibility index (Phi) is 11.0. The summed E-state index contributed by atoms with van der Waals surface area (Å²) in [6, 6.07) is 5.87. The largest absolute Gasteiger partial charge is 0.481 e. The first-order chi connectivity index (χ1) is 13.7. The molecule has 0 saturated heterocycles. The van der Waals surface area contributed by atoms with E-state index in [2.05, 4.69) is 6.92 Å². The van der Waals surface area contributed by atoms with Crippen molar-refractivity contribution in [3.05, 3.63) is 34.9 Å². The Morgan fingerprint density at radius 1 is 0.793 bits per heavy atom. The third-order valence-corrected chi connectivity index (χ3v) is 5.48. The molecule has 0 spiro atoms. The SMILES string of the molecule is CCCCCCCc1ccc(C(CC(C)C)C(=O)O)c(C(CC(C)C)C(=O)O)c1. The van der Waals surface area contributed by atoms with E-state index < -0.39 is 23.8 Å². The lowest BCUT2D eigenvalue weighted by Gasteiger charge is -2.24. The number of unbranched alkanes of at least 4 members (excludes halogenated alkanes) is 4. The number of hydrogen-bond donors (Lipinski definition) is 2. The molecule has 0 bridgehead atoms. The lowest BCUT2D eigenvalue weighted by atomic mass is 9.80. The van der Waals surface area contributed by atoms with Crippen LogP contribution in [-0.4, -0.2) is 22.2 Å². The molecular weight excluding hydrogens is 364 g/mol. The Morgan fingerprint density at radius 2 is 1.31 bits per heavy atom. The number of rotatable bonds is 14. The van der Waals surface area contributed by atoms with E-state index in [0.29, 0.717) is 24.0 Å². The number of benzene rings is 1. The van der Waals surface area contributed by atoms with Crippen LogP contribution in [0.2, 0.25) is 0 Å². The van der Waals surface area contributed by atoms with Crippen molar-refractivity contribution in [3.8, 4) is 0 Å². The first-order valence-electron chi connectivity index (χ1n) is 11.3. The Hall–Kier alpha value is -1.84. The van der Waals surface area contributed by atoms with Gasteiger partial charge in [-0.3, -0.25) is 9.59 Å². The molecule has 0 radical (unpaired) electrons. The third kappa shape index (κ3) is 8.59. The molecule has 0 saturated carbocycles. The molecule has 29 heavy (non-hydrogen) atoms. The van der Waals surface area contributed by atoms with Crippen molar-refractivity contribution in [2.24, 2.45) is 11.8 Å². The van der Waals surface area contributed by atoms with Crippen LogP contribution in [0.25, 0.3) is 0 Å². The summed E-state index contributed by atoms with van der Waals surface area (Å²) in [6.45, 7) is 10.2. The Morgan fingerprint density at radius 3 is 1.79 bits per heavy atom. The highest BCUT2D eigenvalue weighted by Crippen LogP contribution is 2.35. The van der Waals surface area contributed by atoms with Crippen molar-refractivity contribution >= 4 is 11.9 Å². The topological polar surface area (TPSA) is 74.6 Å². The standard InChI is InChI=1S/C25H40O4/c1-6-7-8-9-10-11-19-12-13-20(22(24(26)27)14-17(2)3)21(16-19)23(25(28)29)15-18(4)5/h12-13,16-18,22-23H,6-11,14-15H2,1-5H3,(H,26,27)(H,28,29). The van der Waals surface area contributed by atoms with Crippen LogP contribution >= 0.6 is 0 Å². The van der Waals surface area contributed by atoms with Crippen molar-refractivity contribution in [2.75, 3.05) is 0 Å². The van der Waals surface area contributed by atoms with Gasteiger partial charge in [0.2, 0.25) is 0 Å². The van der Waals surface area contributed by atoms with Crippen LogP contribution in [0, 0.1) is 11.8 Å². The number of carboxylic acid groups (broad SMARTS) is 2. The van der Waals surface area contributed by atoms with Crippen LogP contribution in [-0.2, 0) is 16.0 Å². The maximum atomic E-state index is 12.1. The fourth-order valence-corrected chi connectivity index (χ4v) is 4.00. The highest BCUT2D eigenvalue weighted by molar-refractivity contribution is 5.80. The highest BCUT2D eigenvalue weighted by Gasteiger charge is 2.30. The Labute approximate surface area is 176 Å². The molecule has 164 valence electrons. The second-order valence-electron chi connectivity index (χ2n) is 9.17. The van der Waals surface area contributed by atoms with Gasteiger partial charge in [-0.2, -0.15) is 0 Å². The van der Waals surface area contributed by atoms with Gasteiger partial charge in [-0.1, -0.05) is 78.5 Å². The van der Waals surface area contributed by atoms with E-state index >= 15 is 0 Å². The summed E-state index contributed by atoms with van der Waals surface area (Å²) in [5, 5.41) is 19.8. The first kappa shape index (κ1) is 25.2. The van der Waals surface area contributed by atoms with Gasteiger partial charge in [0.1, 0.15) is 0 Å². The van der Waals surface area contributed by atoms with Gasteiger partial charge in [0.25, 0.3) is 0 Å². The minimum atomic E-state index is -0.874. The van der Waals surface area contributed by atoms with Gasteiger partial charge in [-0.15, -0.1) is 0 Å². The zero-order chi connectivity index (χ0) is 22.0. The van der Waals surface area contributed by atoms with Gasteiger partial charge in [0, 0.05) is 0 Å². The van der Waals surface area contributed by atoms with Crippen LogP contribution < -0.4 is 0 Å². The van der Waals surface area contributed by atoms with Crippen molar-refractivity contribution in [2.45, 2.75) is 97.8 Å². The number of carboxylic acids is 2. The molecule has 1 aromatic rings. The van der Waals surface area contributed by atoms with Gasteiger partial charge in [-0.05, 0) is 54.2 Å². The van der Waals surface area contributed by atoms with Crippen molar-refractivity contribution in [1.29, 1.82) is 0 Å². The predicted octanol–water partition coefficient (Wildman–Crippen LogP) is 6.63. The van der Waals surface area contributed by atoms with E-state index in [0.717, 1.165) is 18.4 Å². The summed E-state index contributed by atoms with van der Waals surface area (Å²) in [6.07, 6.45) is 7.85. The van der Waals surface area contributed by atoms with Gasteiger partial charge < -0.3 is 10.2 Å². The number of aliphatic carboxylic acids is 2. The number of carbonyl (C=O) groups is 2. The van der Waals surface area contributed by atoms with Crippen LogP contribution in [0.1, 0.15) is 108 Å². The minimum absolute atomic E-state index is 0.218. The van der Waals surface area contributed by atoms with E-state index in [1.807, 2.05) is 45.9 Å². The van der Waals surface area contributed by atoms with Crippen LogP contribution in [0.4, 0.5) is 0 Å². The molecule has 2 atom stereocenters. The normalized spacial score (nSPS) is 13.6. The van der Waals surface area contributed by atoms with Crippen LogP contribution in [0.3, 0.4) is 0 Å².